The summed E-state index contributed by atoms with van der Waals surface area (Å²) in [5.74, 6) is 0.544. The molecule has 0 bridgehead atoms. The van der Waals surface area contributed by atoms with Crippen molar-refractivity contribution in [3.63, 3.8) is 0 Å². The number of carbonyl (C=O) groups excluding carboxylic acids is 1. The van der Waals surface area contributed by atoms with E-state index in [-0.39, 0.29) is 5.91 Å². The minimum atomic E-state index is 0.00572. The fourth-order valence-electron chi connectivity index (χ4n) is 3.52. The monoisotopic (exact) mass is 387 g/mol. The normalized spacial score (nSPS) is 12.5. The molecule has 29 heavy (non-hydrogen) atoms. The van der Waals surface area contributed by atoms with Gasteiger partial charge in [0, 0.05) is 50.7 Å². The lowest BCUT2D eigenvalue weighted by Gasteiger charge is -2.19. The van der Waals surface area contributed by atoms with Crippen LogP contribution in [0.5, 0.6) is 0 Å². The van der Waals surface area contributed by atoms with Gasteiger partial charge in [-0.1, -0.05) is 42.5 Å². The Kier molecular flexibility index (Phi) is 6.00. The highest BCUT2D eigenvalue weighted by Crippen LogP contribution is 2.28. The molecule has 2 heterocycles. The van der Waals surface area contributed by atoms with Gasteiger partial charge in [-0.25, -0.2) is 9.97 Å². The first-order chi connectivity index (χ1) is 14.3. The molecule has 0 spiro atoms. The summed E-state index contributed by atoms with van der Waals surface area (Å²) in [5.41, 5.74) is 5.16. The summed E-state index contributed by atoms with van der Waals surface area (Å²) in [5, 5.41) is 6.00. The maximum Gasteiger partial charge on any atom is 0.222 e. The van der Waals surface area contributed by atoms with E-state index in [1.807, 2.05) is 0 Å². The van der Waals surface area contributed by atoms with Crippen molar-refractivity contribution in [1.82, 2.24) is 15.3 Å². The highest BCUT2D eigenvalue weighted by molar-refractivity contribution is 5.76. The molecule has 0 fully saturated rings. The molecule has 0 saturated heterocycles. The Balaban J connectivity index is 1.21. The van der Waals surface area contributed by atoms with E-state index in [0.29, 0.717) is 25.5 Å². The van der Waals surface area contributed by atoms with Crippen LogP contribution in [0.25, 0.3) is 0 Å². The van der Waals surface area contributed by atoms with E-state index in [9.17, 15) is 4.79 Å². The molecule has 0 aliphatic carbocycles. The van der Waals surface area contributed by atoms with Crippen LogP contribution in [0.2, 0.25) is 0 Å². The molecule has 0 radical (unpaired) electrons. The SMILES string of the molecule is O=C(CCNc1ncccn1)NCc1ccc(CN2CCc3ccccc32)cc1. The highest BCUT2D eigenvalue weighted by Gasteiger charge is 2.18. The van der Waals surface area contributed by atoms with E-state index in [1.54, 1.807) is 18.5 Å². The van der Waals surface area contributed by atoms with E-state index < -0.39 is 0 Å². The van der Waals surface area contributed by atoms with Gasteiger partial charge in [0.25, 0.3) is 0 Å². The topological polar surface area (TPSA) is 70.1 Å². The first-order valence-corrected chi connectivity index (χ1v) is 9.96. The van der Waals surface area contributed by atoms with Crippen molar-refractivity contribution < 1.29 is 4.79 Å². The fraction of sp³-hybridized carbons (Fsp3) is 0.261. The zero-order valence-corrected chi connectivity index (χ0v) is 16.3. The predicted octanol–water partition coefficient (Wildman–Crippen LogP) is 3.16. The first-order valence-electron chi connectivity index (χ1n) is 9.96. The van der Waals surface area contributed by atoms with Crippen LogP contribution in [-0.2, 0) is 24.3 Å². The van der Waals surface area contributed by atoms with Gasteiger partial charge in [0.2, 0.25) is 11.9 Å². The Morgan fingerprint density at radius 1 is 0.966 bits per heavy atom. The third-order valence-corrected chi connectivity index (χ3v) is 5.07. The summed E-state index contributed by atoms with van der Waals surface area (Å²) in [6, 6.07) is 18.9. The van der Waals surface area contributed by atoms with Gasteiger partial charge in [0.15, 0.2) is 0 Å². The van der Waals surface area contributed by atoms with Gasteiger partial charge in [0.1, 0.15) is 0 Å². The van der Waals surface area contributed by atoms with Crippen molar-refractivity contribution in [2.75, 3.05) is 23.3 Å². The standard InChI is InChI=1S/C23H25N5O/c29-22(10-14-26-23-24-12-3-13-25-23)27-16-18-6-8-19(9-7-18)17-28-15-11-20-4-1-2-5-21(20)28/h1-9,12-13H,10-11,14-17H2,(H,27,29)(H,24,25,26). The lowest BCUT2D eigenvalue weighted by Crippen LogP contribution is -2.25. The quantitative estimate of drug-likeness (QED) is 0.621. The number of carbonyl (C=O) groups is 1. The summed E-state index contributed by atoms with van der Waals surface area (Å²) >= 11 is 0. The molecular formula is C23H25N5O. The third kappa shape index (κ3) is 5.10. The Labute approximate surface area is 171 Å². The van der Waals surface area contributed by atoms with Crippen LogP contribution < -0.4 is 15.5 Å². The molecule has 2 aromatic carbocycles. The average Bonchev–Trinajstić information content (AvgIpc) is 3.17. The largest absolute Gasteiger partial charge is 0.367 e. The number of amides is 1. The number of aromatic nitrogens is 2. The fourth-order valence-corrected chi connectivity index (χ4v) is 3.52. The number of fused-ring (bicyclic) bond motifs is 1. The maximum atomic E-state index is 12.0. The van der Waals surface area contributed by atoms with E-state index >= 15 is 0 Å². The predicted molar refractivity (Wildman–Crippen MR) is 115 cm³/mol. The van der Waals surface area contributed by atoms with Gasteiger partial charge in [-0.2, -0.15) is 0 Å². The Morgan fingerprint density at radius 3 is 2.55 bits per heavy atom. The van der Waals surface area contributed by atoms with E-state index in [0.717, 1.165) is 25.1 Å². The molecule has 0 saturated carbocycles. The number of hydrogen-bond acceptors (Lipinski definition) is 5. The number of anilines is 2. The molecule has 1 aromatic heterocycles. The van der Waals surface area contributed by atoms with Gasteiger partial charge >= 0.3 is 0 Å². The molecule has 1 aliphatic rings. The van der Waals surface area contributed by atoms with Gasteiger partial charge < -0.3 is 15.5 Å². The zero-order valence-electron chi connectivity index (χ0n) is 16.3. The van der Waals surface area contributed by atoms with Crippen LogP contribution >= 0.6 is 0 Å². The second-order valence-electron chi connectivity index (χ2n) is 7.14. The third-order valence-electron chi connectivity index (χ3n) is 5.07. The summed E-state index contributed by atoms with van der Waals surface area (Å²) in [6.07, 6.45) is 4.83. The van der Waals surface area contributed by atoms with Crippen LogP contribution in [-0.4, -0.2) is 29.0 Å². The molecule has 6 nitrogen and oxygen atoms in total. The molecule has 1 aliphatic heterocycles. The zero-order chi connectivity index (χ0) is 19.9. The van der Waals surface area contributed by atoms with E-state index in [2.05, 4.69) is 74.0 Å². The molecular weight excluding hydrogens is 362 g/mol. The first kappa shape index (κ1) is 18.9. The van der Waals surface area contributed by atoms with E-state index in [1.165, 1.54) is 16.8 Å². The van der Waals surface area contributed by atoms with Crippen molar-refractivity contribution in [1.29, 1.82) is 0 Å². The molecule has 6 heteroatoms. The second kappa shape index (κ2) is 9.19. The second-order valence-corrected chi connectivity index (χ2v) is 7.14. The van der Waals surface area contributed by atoms with Gasteiger partial charge in [-0.05, 0) is 35.2 Å². The lowest BCUT2D eigenvalue weighted by molar-refractivity contribution is -0.121. The molecule has 4 rings (SSSR count). The number of nitrogens with zero attached hydrogens (tertiary/aromatic N) is 3. The Hall–Kier alpha value is -3.41. The van der Waals surface area contributed by atoms with Crippen molar-refractivity contribution in [3.05, 3.63) is 83.7 Å². The molecule has 0 unspecified atom stereocenters. The smallest absolute Gasteiger partial charge is 0.222 e. The number of rotatable bonds is 8. The highest BCUT2D eigenvalue weighted by atomic mass is 16.1. The summed E-state index contributed by atoms with van der Waals surface area (Å²) < 4.78 is 0. The van der Waals surface area contributed by atoms with Crippen LogP contribution in [0.4, 0.5) is 11.6 Å². The Morgan fingerprint density at radius 2 is 1.72 bits per heavy atom. The molecule has 0 atom stereocenters. The minimum absolute atomic E-state index is 0.00572. The minimum Gasteiger partial charge on any atom is -0.367 e. The van der Waals surface area contributed by atoms with Crippen LogP contribution in [0.1, 0.15) is 23.1 Å². The van der Waals surface area contributed by atoms with Crippen molar-refractivity contribution >= 4 is 17.5 Å². The number of benzene rings is 2. The number of hydrogen-bond donors (Lipinski definition) is 2. The molecule has 2 N–H and O–H groups in total. The van der Waals surface area contributed by atoms with Gasteiger partial charge in [-0.15, -0.1) is 0 Å². The maximum absolute atomic E-state index is 12.0. The molecule has 148 valence electrons. The summed E-state index contributed by atoms with van der Waals surface area (Å²) in [6.45, 7) is 3.02. The van der Waals surface area contributed by atoms with Gasteiger partial charge in [-0.3, -0.25) is 4.79 Å². The van der Waals surface area contributed by atoms with Crippen LogP contribution in [0.15, 0.2) is 67.0 Å². The number of nitrogens with one attached hydrogen (secondary N) is 2. The van der Waals surface area contributed by atoms with E-state index in [4.69, 9.17) is 0 Å². The van der Waals surface area contributed by atoms with Crippen LogP contribution in [0.3, 0.4) is 0 Å². The summed E-state index contributed by atoms with van der Waals surface area (Å²) in [4.78, 5) is 22.6. The van der Waals surface area contributed by atoms with Crippen molar-refractivity contribution in [2.24, 2.45) is 0 Å². The average molecular weight is 387 g/mol. The number of para-hydroxylation sites is 1. The van der Waals surface area contributed by atoms with Crippen LogP contribution in [0, 0.1) is 0 Å². The summed E-state index contributed by atoms with van der Waals surface area (Å²) in [7, 11) is 0. The van der Waals surface area contributed by atoms with Gasteiger partial charge in [0.05, 0.1) is 0 Å². The molecule has 3 aromatic rings. The molecule has 1 amide bonds. The Bertz CT molecular complexity index is 943. The van der Waals surface area contributed by atoms with Crippen molar-refractivity contribution in [2.45, 2.75) is 25.9 Å². The lowest BCUT2D eigenvalue weighted by atomic mass is 10.1. The van der Waals surface area contributed by atoms with Crippen molar-refractivity contribution in [3.8, 4) is 0 Å².